The third kappa shape index (κ3) is 3.26. The normalized spacial score (nSPS) is 13.6. The summed E-state index contributed by atoms with van der Waals surface area (Å²) in [6.07, 6.45) is 4.07. The van der Waals surface area contributed by atoms with Crippen molar-refractivity contribution in [3.63, 3.8) is 0 Å². The van der Waals surface area contributed by atoms with Crippen molar-refractivity contribution in [2.24, 2.45) is 0 Å². The van der Waals surface area contributed by atoms with Gasteiger partial charge in [0.25, 0.3) is 0 Å². The van der Waals surface area contributed by atoms with Gasteiger partial charge in [-0.25, -0.2) is 4.98 Å². The van der Waals surface area contributed by atoms with Gasteiger partial charge in [-0.15, -0.1) is 11.6 Å². The zero-order valence-electron chi connectivity index (χ0n) is 7.95. The van der Waals surface area contributed by atoms with Crippen molar-refractivity contribution in [1.29, 1.82) is 0 Å². The van der Waals surface area contributed by atoms with Crippen molar-refractivity contribution in [3.8, 4) is 0 Å². The van der Waals surface area contributed by atoms with Crippen molar-refractivity contribution in [2.45, 2.75) is 17.4 Å². The molecule has 1 heterocycles. The molecule has 0 saturated heterocycles. The van der Waals surface area contributed by atoms with E-state index in [9.17, 15) is 4.79 Å². The summed E-state index contributed by atoms with van der Waals surface area (Å²) in [6.45, 7) is 1.38. The number of carbonyl (C=O) groups excluding carboxylic acids is 1. The zero-order chi connectivity index (χ0) is 11.5. The molecule has 1 atom stereocenters. The number of amides is 1. The van der Waals surface area contributed by atoms with Gasteiger partial charge in [0.2, 0.25) is 5.91 Å². The highest BCUT2D eigenvalue weighted by Crippen LogP contribution is 2.33. The number of alkyl halides is 3. The third-order valence-corrected chi connectivity index (χ3v) is 3.12. The fourth-order valence-corrected chi connectivity index (χ4v) is 1.57. The van der Waals surface area contributed by atoms with Crippen molar-refractivity contribution in [1.82, 2.24) is 14.9 Å². The number of hydrogen-bond donors (Lipinski definition) is 1. The number of carbonyl (C=O) groups is 1. The lowest BCUT2D eigenvalue weighted by molar-refractivity contribution is -0.120. The summed E-state index contributed by atoms with van der Waals surface area (Å²) in [7, 11) is 0. The van der Waals surface area contributed by atoms with Gasteiger partial charge in [0.05, 0.1) is 12.2 Å². The molecule has 1 aromatic rings. The Balaban J connectivity index is 2.93. The van der Waals surface area contributed by atoms with Gasteiger partial charge in [0.1, 0.15) is 6.17 Å². The van der Waals surface area contributed by atoms with E-state index in [1.54, 1.807) is 17.0 Å². The average Bonchev–Trinajstić information content (AvgIpc) is 2.66. The maximum Gasteiger partial charge on any atom is 0.218 e. The molecule has 0 aliphatic heterocycles. The van der Waals surface area contributed by atoms with E-state index < -0.39 is 10.5 Å². The van der Waals surface area contributed by atoms with Gasteiger partial charge in [0.15, 0.2) is 4.33 Å². The Morgan fingerprint density at radius 3 is 2.73 bits per heavy atom. The van der Waals surface area contributed by atoms with Crippen LogP contribution in [-0.4, -0.2) is 25.7 Å². The van der Waals surface area contributed by atoms with Gasteiger partial charge >= 0.3 is 0 Å². The molecule has 0 aliphatic rings. The largest absolute Gasteiger partial charge is 0.333 e. The first-order valence-corrected chi connectivity index (χ1v) is 5.45. The van der Waals surface area contributed by atoms with Gasteiger partial charge < -0.3 is 9.88 Å². The Kier molecular flexibility index (Phi) is 4.25. The van der Waals surface area contributed by atoms with Gasteiger partial charge in [-0.05, 0) is 0 Å². The van der Waals surface area contributed by atoms with Crippen LogP contribution < -0.4 is 5.32 Å². The van der Waals surface area contributed by atoms with Crippen LogP contribution in [0.25, 0.3) is 0 Å². The van der Waals surface area contributed by atoms with E-state index in [1.165, 1.54) is 13.3 Å². The van der Waals surface area contributed by atoms with Crippen LogP contribution in [-0.2, 0) is 4.79 Å². The predicted molar refractivity (Wildman–Crippen MR) is 60.2 cm³/mol. The molecule has 7 heteroatoms. The maximum absolute atomic E-state index is 11.0. The summed E-state index contributed by atoms with van der Waals surface area (Å²) in [6, 6.07) is 0. The molecule has 0 fully saturated rings. The monoisotopic (exact) mass is 269 g/mol. The van der Waals surface area contributed by atoms with E-state index in [-0.39, 0.29) is 11.8 Å². The minimum atomic E-state index is -1.28. The first-order valence-electron chi connectivity index (χ1n) is 4.15. The molecular formula is C8H10Cl3N3O. The maximum atomic E-state index is 11.0. The molecule has 0 aliphatic carbocycles. The molecule has 0 radical (unpaired) electrons. The molecule has 1 aromatic heterocycles. The SMILES string of the molecule is CC(=O)NC(n1ccnc1)C(Cl)(Cl)CCl. The Morgan fingerprint density at radius 2 is 2.33 bits per heavy atom. The van der Waals surface area contributed by atoms with Crippen LogP contribution in [0.3, 0.4) is 0 Å². The topological polar surface area (TPSA) is 46.9 Å². The molecule has 0 spiro atoms. The third-order valence-electron chi connectivity index (χ3n) is 1.74. The van der Waals surface area contributed by atoms with Crippen LogP contribution in [0.1, 0.15) is 13.1 Å². The summed E-state index contributed by atoms with van der Waals surface area (Å²) in [5.41, 5.74) is 0. The number of rotatable bonds is 4. The van der Waals surface area contributed by atoms with E-state index >= 15 is 0 Å². The zero-order valence-corrected chi connectivity index (χ0v) is 10.2. The number of nitrogens with zero attached hydrogens (tertiary/aromatic N) is 2. The van der Waals surface area contributed by atoms with E-state index in [1.807, 2.05) is 0 Å². The summed E-state index contributed by atoms with van der Waals surface area (Å²) in [5, 5.41) is 2.61. The Morgan fingerprint density at radius 1 is 1.67 bits per heavy atom. The Labute approximate surface area is 103 Å². The lowest BCUT2D eigenvalue weighted by Crippen LogP contribution is -2.42. The van der Waals surface area contributed by atoms with Crippen LogP contribution in [0, 0.1) is 0 Å². The molecule has 1 amide bonds. The number of halogens is 3. The van der Waals surface area contributed by atoms with Crippen molar-refractivity contribution in [2.75, 3.05) is 5.88 Å². The van der Waals surface area contributed by atoms with E-state index in [0.29, 0.717) is 0 Å². The molecule has 15 heavy (non-hydrogen) atoms. The molecule has 1 unspecified atom stereocenters. The highest BCUT2D eigenvalue weighted by molar-refractivity contribution is 6.51. The van der Waals surface area contributed by atoms with Gasteiger partial charge in [-0.2, -0.15) is 0 Å². The van der Waals surface area contributed by atoms with E-state index in [4.69, 9.17) is 34.8 Å². The minimum Gasteiger partial charge on any atom is -0.333 e. The minimum absolute atomic E-state index is 0.0146. The van der Waals surface area contributed by atoms with Crippen LogP contribution >= 0.6 is 34.8 Å². The summed E-state index contributed by atoms with van der Waals surface area (Å²) in [5.74, 6) is -0.260. The standard InChI is InChI=1S/C8H10Cl3N3O/c1-6(15)13-7(8(10,11)4-9)14-3-2-12-5-14/h2-3,5,7H,4H2,1H3,(H,13,15). The first-order chi connectivity index (χ1) is 6.97. The highest BCUT2D eigenvalue weighted by Gasteiger charge is 2.36. The molecule has 1 N–H and O–H groups in total. The second-order valence-electron chi connectivity index (χ2n) is 3.01. The van der Waals surface area contributed by atoms with Crippen LogP contribution in [0.15, 0.2) is 18.7 Å². The first kappa shape index (κ1) is 12.6. The number of imidazole rings is 1. The Hall–Kier alpha value is -0.450. The van der Waals surface area contributed by atoms with Gasteiger partial charge in [-0.1, -0.05) is 23.2 Å². The quantitative estimate of drug-likeness (QED) is 0.850. The molecule has 1 rings (SSSR count). The number of hydrogen-bond acceptors (Lipinski definition) is 2. The van der Waals surface area contributed by atoms with Crippen LogP contribution in [0.2, 0.25) is 0 Å². The molecule has 0 bridgehead atoms. The molecule has 84 valence electrons. The molecule has 0 aromatic carbocycles. The predicted octanol–water partition coefficient (Wildman–Crippen LogP) is 1.93. The molecule has 4 nitrogen and oxygen atoms in total. The van der Waals surface area contributed by atoms with E-state index in [0.717, 1.165) is 0 Å². The highest BCUT2D eigenvalue weighted by atomic mass is 35.5. The molecular weight excluding hydrogens is 260 g/mol. The van der Waals surface area contributed by atoms with Crippen LogP contribution in [0.4, 0.5) is 0 Å². The fourth-order valence-electron chi connectivity index (χ4n) is 1.09. The molecule has 0 saturated carbocycles. The van der Waals surface area contributed by atoms with Crippen molar-refractivity contribution in [3.05, 3.63) is 18.7 Å². The fraction of sp³-hybridized carbons (Fsp3) is 0.500. The van der Waals surface area contributed by atoms with E-state index in [2.05, 4.69) is 10.3 Å². The van der Waals surface area contributed by atoms with Gasteiger partial charge in [0, 0.05) is 19.3 Å². The van der Waals surface area contributed by atoms with Crippen LogP contribution in [0.5, 0.6) is 0 Å². The number of aromatic nitrogens is 2. The smallest absolute Gasteiger partial charge is 0.218 e. The second-order valence-corrected chi connectivity index (χ2v) is 4.82. The van der Waals surface area contributed by atoms with Crippen molar-refractivity contribution < 1.29 is 4.79 Å². The Bertz CT molecular complexity index is 326. The average molecular weight is 271 g/mol. The lowest BCUT2D eigenvalue weighted by atomic mass is 10.3. The summed E-state index contributed by atoms with van der Waals surface area (Å²) >= 11 is 17.6. The van der Waals surface area contributed by atoms with Gasteiger partial charge in [-0.3, -0.25) is 4.79 Å². The van der Waals surface area contributed by atoms with Crippen molar-refractivity contribution >= 4 is 40.7 Å². The lowest BCUT2D eigenvalue weighted by Gasteiger charge is -2.29. The summed E-state index contributed by atoms with van der Waals surface area (Å²) in [4.78, 5) is 14.9. The second kappa shape index (κ2) is 5.05. The summed E-state index contributed by atoms with van der Waals surface area (Å²) < 4.78 is 0.303. The number of nitrogens with one attached hydrogen (secondary N) is 1.